The van der Waals surface area contributed by atoms with Crippen LogP contribution in [-0.2, 0) is 16.0 Å². The molecule has 2 rings (SSSR count). The molecule has 0 aliphatic rings. The number of halogens is 1. The Morgan fingerprint density at radius 3 is 2.42 bits per heavy atom. The number of hydrogen-bond donors (Lipinski definition) is 2. The van der Waals surface area contributed by atoms with Crippen LogP contribution < -0.4 is 15.4 Å². The van der Waals surface area contributed by atoms with E-state index in [2.05, 4.69) is 10.6 Å². The van der Waals surface area contributed by atoms with Gasteiger partial charge in [0.05, 0.1) is 20.1 Å². The first-order chi connectivity index (χ1) is 11.5. The zero-order valence-corrected chi connectivity index (χ0v) is 14.3. The molecular weight excluding hydrogens is 328 g/mol. The van der Waals surface area contributed by atoms with Crippen LogP contribution in [0.3, 0.4) is 0 Å². The Morgan fingerprint density at radius 2 is 1.79 bits per heavy atom. The minimum atomic E-state index is -0.307. The van der Waals surface area contributed by atoms with Gasteiger partial charge in [-0.25, -0.2) is 0 Å². The van der Waals surface area contributed by atoms with Crippen molar-refractivity contribution in [2.75, 3.05) is 19.0 Å². The molecule has 0 fully saturated rings. The maximum absolute atomic E-state index is 11.9. The van der Waals surface area contributed by atoms with Crippen molar-refractivity contribution in [1.82, 2.24) is 5.32 Å². The van der Waals surface area contributed by atoms with Gasteiger partial charge in [0.15, 0.2) is 0 Å². The first kappa shape index (κ1) is 17.8. The number of ether oxygens (including phenoxy) is 1. The summed E-state index contributed by atoms with van der Waals surface area (Å²) in [5, 5.41) is 5.86. The van der Waals surface area contributed by atoms with Crippen LogP contribution in [0, 0.1) is 6.92 Å². The van der Waals surface area contributed by atoms with Crippen molar-refractivity contribution < 1.29 is 14.3 Å². The number of carbonyl (C=O) groups is 2. The van der Waals surface area contributed by atoms with Gasteiger partial charge in [0.1, 0.15) is 5.75 Å². The summed E-state index contributed by atoms with van der Waals surface area (Å²) in [7, 11) is 1.58. The standard InChI is InChI=1S/C18H19ClN2O3/c1-12-3-6-14(10-16(12)19)21-18(23)11-20-17(22)9-13-4-7-15(24-2)8-5-13/h3-8,10H,9,11H2,1-2H3,(H,20,22)(H,21,23). The average molecular weight is 347 g/mol. The molecule has 0 heterocycles. The molecule has 0 aliphatic heterocycles. The molecule has 2 N–H and O–H groups in total. The summed E-state index contributed by atoms with van der Waals surface area (Å²) in [6.07, 6.45) is 0.202. The normalized spacial score (nSPS) is 10.1. The van der Waals surface area contributed by atoms with Crippen molar-refractivity contribution in [1.29, 1.82) is 0 Å². The van der Waals surface area contributed by atoms with E-state index in [0.717, 1.165) is 16.9 Å². The van der Waals surface area contributed by atoms with E-state index in [9.17, 15) is 9.59 Å². The molecule has 0 radical (unpaired) electrons. The molecule has 6 heteroatoms. The Balaban J connectivity index is 1.79. The van der Waals surface area contributed by atoms with Crippen molar-refractivity contribution in [2.45, 2.75) is 13.3 Å². The van der Waals surface area contributed by atoms with Crippen LogP contribution in [0.5, 0.6) is 5.75 Å². The molecule has 0 saturated heterocycles. The minimum absolute atomic E-state index is 0.0967. The van der Waals surface area contributed by atoms with Crippen molar-refractivity contribution in [3.05, 3.63) is 58.6 Å². The van der Waals surface area contributed by atoms with Gasteiger partial charge in [-0.05, 0) is 42.3 Å². The molecule has 2 aromatic rings. The monoisotopic (exact) mass is 346 g/mol. The van der Waals surface area contributed by atoms with Gasteiger partial charge in [-0.3, -0.25) is 9.59 Å². The third-order valence-corrected chi connectivity index (χ3v) is 3.83. The summed E-state index contributed by atoms with van der Waals surface area (Å²) in [5.74, 6) is 0.200. The van der Waals surface area contributed by atoms with Crippen LogP contribution in [0.15, 0.2) is 42.5 Å². The Bertz CT molecular complexity index is 730. The van der Waals surface area contributed by atoms with E-state index in [1.165, 1.54) is 0 Å². The quantitative estimate of drug-likeness (QED) is 0.845. The Morgan fingerprint density at radius 1 is 1.08 bits per heavy atom. The van der Waals surface area contributed by atoms with Gasteiger partial charge >= 0.3 is 0 Å². The Labute approximate surface area is 146 Å². The van der Waals surface area contributed by atoms with Gasteiger partial charge in [-0.1, -0.05) is 29.8 Å². The van der Waals surface area contributed by atoms with Crippen LogP contribution in [0.1, 0.15) is 11.1 Å². The minimum Gasteiger partial charge on any atom is -0.497 e. The Hall–Kier alpha value is -2.53. The van der Waals surface area contributed by atoms with E-state index in [0.29, 0.717) is 10.7 Å². The van der Waals surface area contributed by atoms with Crippen molar-refractivity contribution in [3.8, 4) is 5.75 Å². The van der Waals surface area contributed by atoms with Crippen LogP contribution in [-0.4, -0.2) is 25.5 Å². The van der Waals surface area contributed by atoms with Gasteiger partial charge in [-0.15, -0.1) is 0 Å². The zero-order valence-electron chi connectivity index (χ0n) is 13.6. The number of rotatable bonds is 6. The molecule has 0 atom stereocenters. The number of hydrogen-bond acceptors (Lipinski definition) is 3. The van der Waals surface area contributed by atoms with E-state index < -0.39 is 0 Å². The lowest BCUT2D eigenvalue weighted by atomic mass is 10.1. The molecule has 0 saturated carbocycles. The fraction of sp³-hybridized carbons (Fsp3) is 0.222. The molecule has 0 spiro atoms. The van der Waals surface area contributed by atoms with Crippen LogP contribution in [0.25, 0.3) is 0 Å². The third-order valence-electron chi connectivity index (χ3n) is 3.43. The summed E-state index contributed by atoms with van der Waals surface area (Å²) in [4.78, 5) is 23.7. The fourth-order valence-corrected chi connectivity index (χ4v) is 2.23. The second-order valence-electron chi connectivity index (χ2n) is 5.31. The maximum Gasteiger partial charge on any atom is 0.243 e. The number of carbonyl (C=O) groups excluding carboxylic acids is 2. The smallest absolute Gasteiger partial charge is 0.243 e. The van der Waals surface area contributed by atoms with E-state index in [1.54, 1.807) is 31.4 Å². The van der Waals surface area contributed by atoms with Gasteiger partial charge in [0.2, 0.25) is 11.8 Å². The fourth-order valence-electron chi connectivity index (χ4n) is 2.05. The second kappa shape index (κ2) is 8.36. The van der Waals surface area contributed by atoms with Gasteiger partial charge in [-0.2, -0.15) is 0 Å². The molecule has 0 bridgehead atoms. The summed E-state index contributed by atoms with van der Waals surface area (Å²) in [6.45, 7) is 1.79. The predicted octanol–water partition coefficient (Wildman–Crippen LogP) is 2.95. The molecule has 0 aliphatic carbocycles. The van der Waals surface area contributed by atoms with Crippen molar-refractivity contribution >= 4 is 29.1 Å². The SMILES string of the molecule is COc1ccc(CC(=O)NCC(=O)Nc2ccc(C)c(Cl)c2)cc1. The van der Waals surface area contributed by atoms with Crippen molar-refractivity contribution in [2.24, 2.45) is 0 Å². The number of benzene rings is 2. The number of aryl methyl sites for hydroxylation is 1. The van der Waals surface area contributed by atoms with E-state index in [-0.39, 0.29) is 24.8 Å². The van der Waals surface area contributed by atoms with Gasteiger partial charge in [0, 0.05) is 10.7 Å². The van der Waals surface area contributed by atoms with Crippen LogP contribution in [0.2, 0.25) is 5.02 Å². The lowest BCUT2D eigenvalue weighted by molar-refractivity contribution is -0.123. The van der Waals surface area contributed by atoms with Crippen molar-refractivity contribution in [3.63, 3.8) is 0 Å². The number of methoxy groups -OCH3 is 1. The van der Waals surface area contributed by atoms with Gasteiger partial charge in [0.25, 0.3) is 0 Å². The first-order valence-corrected chi connectivity index (χ1v) is 7.81. The molecule has 2 amide bonds. The van der Waals surface area contributed by atoms with Crippen LogP contribution in [0.4, 0.5) is 5.69 Å². The molecule has 0 unspecified atom stereocenters. The molecule has 2 aromatic carbocycles. The number of amides is 2. The van der Waals surface area contributed by atoms with Crippen LogP contribution >= 0.6 is 11.6 Å². The largest absolute Gasteiger partial charge is 0.497 e. The number of nitrogens with one attached hydrogen (secondary N) is 2. The highest BCUT2D eigenvalue weighted by atomic mass is 35.5. The van der Waals surface area contributed by atoms with E-state index >= 15 is 0 Å². The summed E-state index contributed by atoms with van der Waals surface area (Å²) in [6, 6.07) is 12.5. The Kier molecular flexibility index (Phi) is 6.21. The van der Waals surface area contributed by atoms with Gasteiger partial charge < -0.3 is 15.4 Å². The predicted molar refractivity (Wildman–Crippen MR) is 94.5 cm³/mol. The lowest BCUT2D eigenvalue weighted by Gasteiger charge is -2.08. The highest BCUT2D eigenvalue weighted by Crippen LogP contribution is 2.19. The lowest BCUT2D eigenvalue weighted by Crippen LogP contribution is -2.33. The number of anilines is 1. The second-order valence-corrected chi connectivity index (χ2v) is 5.72. The van der Waals surface area contributed by atoms with E-state index in [1.807, 2.05) is 25.1 Å². The third kappa shape index (κ3) is 5.28. The highest BCUT2D eigenvalue weighted by Gasteiger charge is 2.08. The molecule has 126 valence electrons. The topological polar surface area (TPSA) is 67.4 Å². The molecule has 24 heavy (non-hydrogen) atoms. The highest BCUT2D eigenvalue weighted by molar-refractivity contribution is 6.31. The summed E-state index contributed by atoms with van der Waals surface area (Å²) in [5.41, 5.74) is 2.38. The van der Waals surface area contributed by atoms with E-state index in [4.69, 9.17) is 16.3 Å². The summed E-state index contributed by atoms with van der Waals surface area (Å²) < 4.78 is 5.06. The zero-order chi connectivity index (χ0) is 17.5. The molecule has 5 nitrogen and oxygen atoms in total. The summed E-state index contributed by atoms with van der Waals surface area (Å²) >= 11 is 6.01. The molecular formula is C18H19ClN2O3. The average Bonchev–Trinajstić information content (AvgIpc) is 2.57. The molecule has 0 aromatic heterocycles. The first-order valence-electron chi connectivity index (χ1n) is 7.43. The maximum atomic E-state index is 11.9.